The fraction of sp³-hybridized carbons (Fsp3) is 0.688. The van der Waals surface area contributed by atoms with Crippen molar-refractivity contribution in [2.45, 2.75) is 32.2 Å². The fourth-order valence-electron chi connectivity index (χ4n) is 2.91. The number of urea groups is 1. The number of amides is 3. The zero-order valence-corrected chi connectivity index (χ0v) is 13.5. The number of nitrogens with zero attached hydrogens (tertiary/aromatic N) is 4. The summed E-state index contributed by atoms with van der Waals surface area (Å²) in [6, 6.07) is 1.87. The molecule has 1 N–H and O–H groups in total. The summed E-state index contributed by atoms with van der Waals surface area (Å²) in [5, 5.41) is 7.10. The number of aryl methyl sites for hydroxylation is 1. The Labute approximate surface area is 136 Å². The molecule has 126 valence electrons. The SMILES string of the molecule is O=C(NCCCn1cccn1)N1CCCN(C(=O)C2CC2)CC1. The van der Waals surface area contributed by atoms with Crippen molar-refractivity contribution in [2.75, 3.05) is 32.7 Å². The third kappa shape index (κ3) is 4.46. The van der Waals surface area contributed by atoms with Crippen LogP contribution in [0.2, 0.25) is 0 Å². The van der Waals surface area contributed by atoms with Gasteiger partial charge in [0.25, 0.3) is 0 Å². The molecule has 23 heavy (non-hydrogen) atoms. The van der Waals surface area contributed by atoms with Crippen LogP contribution in [0.5, 0.6) is 0 Å². The summed E-state index contributed by atoms with van der Waals surface area (Å²) in [5.74, 6) is 0.546. The van der Waals surface area contributed by atoms with Gasteiger partial charge in [-0.25, -0.2) is 4.79 Å². The number of aromatic nitrogens is 2. The second-order valence-electron chi connectivity index (χ2n) is 6.29. The Bertz CT molecular complexity index is 527. The van der Waals surface area contributed by atoms with Gasteiger partial charge >= 0.3 is 6.03 Å². The Hall–Kier alpha value is -2.05. The molecule has 1 aromatic heterocycles. The highest BCUT2D eigenvalue weighted by Gasteiger charge is 2.34. The summed E-state index contributed by atoms with van der Waals surface area (Å²) in [6.45, 7) is 4.23. The molecule has 3 rings (SSSR count). The van der Waals surface area contributed by atoms with Crippen molar-refractivity contribution in [1.29, 1.82) is 0 Å². The molecular formula is C16H25N5O2. The third-order valence-corrected chi connectivity index (χ3v) is 4.42. The summed E-state index contributed by atoms with van der Waals surface area (Å²) < 4.78 is 1.86. The van der Waals surface area contributed by atoms with E-state index in [-0.39, 0.29) is 17.9 Å². The highest BCUT2D eigenvalue weighted by atomic mass is 16.2. The number of hydrogen-bond donors (Lipinski definition) is 1. The largest absolute Gasteiger partial charge is 0.341 e. The maximum absolute atomic E-state index is 12.2. The average Bonchev–Trinajstić information content (AvgIpc) is 3.33. The minimum Gasteiger partial charge on any atom is -0.341 e. The molecule has 2 heterocycles. The van der Waals surface area contributed by atoms with Crippen LogP contribution < -0.4 is 5.32 Å². The molecule has 0 bridgehead atoms. The van der Waals surface area contributed by atoms with Crippen molar-refractivity contribution >= 4 is 11.9 Å². The summed E-state index contributed by atoms with van der Waals surface area (Å²) in [4.78, 5) is 28.1. The van der Waals surface area contributed by atoms with Crippen molar-refractivity contribution in [3.8, 4) is 0 Å². The molecule has 3 amide bonds. The van der Waals surface area contributed by atoms with Crippen molar-refractivity contribution < 1.29 is 9.59 Å². The maximum Gasteiger partial charge on any atom is 0.317 e. The Morgan fingerprint density at radius 3 is 2.65 bits per heavy atom. The van der Waals surface area contributed by atoms with Gasteiger partial charge in [-0.15, -0.1) is 0 Å². The predicted molar refractivity (Wildman–Crippen MR) is 85.7 cm³/mol. The lowest BCUT2D eigenvalue weighted by atomic mass is 10.3. The van der Waals surface area contributed by atoms with E-state index in [4.69, 9.17) is 0 Å². The van der Waals surface area contributed by atoms with E-state index in [0.717, 1.165) is 45.3 Å². The van der Waals surface area contributed by atoms with Gasteiger partial charge in [-0.05, 0) is 31.7 Å². The van der Waals surface area contributed by atoms with Crippen LogP contribution in [0.4, 0.5) is 4.79 Å². The summed E-state index contributed by atoms with van der Waals surface area (Å²) >= 11 is 0. The molecule has 1 aliphatic heterocycles. The lowest BCUT2D eigenvalue weighted by Gasteiger charge is -2.22. The average molecular weight is 319 g/mol. The minimum absolute atomic E-state index is 0.0220. The van der Waals surface area contributed by atoms with Crippen LogP contribution in [0.3, 0.4) is 0 Å². The van der Waals surface area contributed by atoms with E-state index >= 15 is 0 Å². The van der Waals surface area contributed by atoms with Gasteiger partial charge < -0.3 is 15.1 Å². The van der Waals surface area contributed by atoms with E-state index in [9.17, 15) is 9.59 Å². The first-order chi connectivity index (χ1) is 11.2. The quantitative estimate of drug-likeness (QED) is 0.821. The summed E-state index contributed by atoms with van der Waals surface area (Å²) in [6.07, 6.45) is 7.46. The van der Waals surface area contributed by atoms with Gasteiger partial charge in [-0.2, -0.15) is 5.10 Å². The van der Waals surface area contributed by atoms with Crippen molar-refractivity contribution in [3.63, 3.8) is 0 Å². The van der Waals surface area contributed by atoms with Crippen LogP contribution in [-0.2, 0) is 11.3 Å². The molecule has 2 fully saturated rings. The van der Waals surface area contributed by atoms with Crippen LogP contribution in [0.1, 0.15) is 25.7 Å². The molecule has 7 heteroatoms. The summed E-state index contributed by atoms with van der Waals surface area (Å²) in [7, 11) is 0. The van der Waals surface area contributed by atoms with E-state index in [1.54, 1.807) is 6.20 Å². The van der Waals surface area contributed by atoms with Crippen molar-refractivity contribution in [2.24, 2.45) is 5.92 Å². The highest BCUT2D eigenvalue weighted by molar-refractivity contribution is 5.81. The number of nitrogens with one attached hydrogen (secondary N) is 1. The van der Waals surface area contributed by atoms with E-state index in [1.807, 2.05) is 26.7 Å². The van der Waals surface area contributed by atoms with Crippen LogP contribution in [0, 0.1) is 5.92 Å². The standard InChI is InChI=1S/C16H25N5O2/c22-15(14-4-5-14)19-8-3-9-20(13-12-19)16(23)17-6-1-10-21-11-2-7-18-21/h2,7,11,14H,1,3-6,8-10,12-13H2,(H,17,23). The first kappa shape index (κ1) is 15.8. The lowest BCUT2D eigenvalue weighted by Crippen LogP contribution is -2.43. The molecule has 0 spiro atoms. The Kier molecular flexibility index (Phi) is 5.15. The highest BCUT2D eigenvalue weighted by Crippen LogP contribution is 2.31. The van der Waals surface area contributed by atoms with E-state index < -0.39 is 0 Å². The number of carbonyl (C=O) groups is 2. The molecule has 1 saturated heterocycles. The van der Waals surface area contributed by atoms with Crippen LogP contribution >= 0.6 is 0 Å². The second-order valence-corrected chi connectivity index (χ2v) is 6.29. The first-order valence-corrected chi connectivity index (χ1v) is 8.53. The van der Waals surface area contributed by atoms with Gasteiger partial charge in [0.15, 0.2) is 0 Å². The number of hydrogen-bond acceptors (Lipinski definition) is 3. The maximum atomic E-state index is 12.2. The van der Waals surface area contributed by atoms with E-state index in [0.29, 0.717) is 19.6 Å². The minimum atomic E-state index is -0.0220. The van der Waals surface area contributed by atoms with E-state index in [2.05, 4.69) is 10.4 Å². The van der Waals surface area contributed by atoms with Gasteiger partial charge in [-0.1, -0.05) is 0 Å². The molecule has 0 atom stereocenters. The topological polar surface area (TPSA) is 70.5 Å². The van der Waals surface area contributed by atoms with Gasteiger partial charge in [0.1, 0.15) is 0 Å². The van der Waals surface area contributed by atoms with Crippen LogP contribution in [-0.4, -0.2) is 64.2 Å². The fourth-order valence-corrected chi connectivity index (χ4v) is 2.91. The van der Waals surface area contributed by atoms with Crippen molar-refractivity contribution in [3.05, 3.63) is 18.5 Å². The Balaban J connectivity index is 1.36. The molecule has 1 saturated carbocycles. The van der Waals surface area contributed by atoms with Crippen LogP contribution in [0.15, 0.2) is 18.5 Å². The number of rotatable bonds is 5. The molecule has 7 nitrogen and oxygen atoms in total. The molecule has 1 aliphatic carbocycles. The Morgan fingerprint density at radius 1 is 1.13 bits per heavy atom. The van der Waals surface area contributed by atoms with Crippen LogP contribution in [0.25, 0.3) is 0 Å². The Morgan fingerprint density at radius 2 is 1.91 bits per heavy atom. The van der Waals surface area contributed by atoms with E-state index in [1.165, 1.54) is 0 Å². The van der Waals surface area contributed by atoms with Gasteiger partial charge in [-0.3, -0.25) is 9.48 Å². The molecular weight excluding hydrogens is 294 g/mol. The smallest absolute Gasteiger partial charge is 0.317 e. The van der Waals surface area contributed by atoms with Gasteiger partial charge in [0, 0.05) is 57.6 Å². The number of carbonyl (C=O) groups excluding carboxylic acids is 2. The molecule has 2 aliphatic rings. The van der Waals surface area contributed by atoms with Crippen molar-refractivity contribution in [1.82, 2.24) is 24.9 Å². The zero-order valence-electron chi connectivity index (χ0n) is 13.5. The summed E-state index contributed by atoms with van der Waals surface area (Å²) in [5.41, 5.74) is 0. The lowest BCUT2D eigenvalue weighted by molar-refractivity contribution is -0.132. The monoisotopic (exact) mass is 319 g/mol. The third-order valence-electron chi connectivity index (χ3n) is 4.42. The van der Waals surface area contributed by atoms with Gasteiger partial charge in [0.2, 0.25) is 5.91 Å². The molecule has 1 aromatic rings. The van der Waals surface area contributed by atoms with Gasteiger partial charge in [0.05, 0.1) is 0 Å². The predicted octanol–water partition coefficient (Wildman–Crippen LogP) is 0.927. The first-order valence-electron chi connectivity index (χ1n) is 8.53. The normalized spacial score (nSPS) is 18.6. The zero-order chi connectivity index (χ0) is 16.1. The second kappa shape index (κ2) is 7.48. The molecule has 0 aromatic carbocycles. The molecule has 0 unspecified atom stereocenters. The molecule has 0 radical (unpaired) electrons.